The quantitative estimate of drug-likeness (QED) is 0.543. The van der Waals surface area contributed by atoms with Gasteiger partial charge in [0.2, 0.25) is 0 Å². The molecule has 0 saturated carbocycles. The van der Waals surface area contributed by atoms with Gasteiger partial charge in [0, 0.05) is 55.5 Å². The van der Waals surface area contributed by atoms with Crippen molar-refractivity contribution in [3.63, 3.8) is 0 Å². The second-order valence-corrected chi connectivity index (χ2v) is 5.57. The zero-order valence-corrected chi connectivity index (χ0v) is 12.3. The van der Waals surface area contributed by atoms with E-state index in [1.807, 2.05) is 17.7 Å². The van der Waals surface area contributed by atoms with Crippen molar-refractivity contribution in [1.29, 1.82) is 0 Å². The normalized spacial score (nSPS) is 12.5. The maximum atomic E-state index is 12.0. The van der Waals surface area contributed by atoms with Crippen LogP contribution in [0, 0.1) is 0 Å². The number of hydrogen-bond donors (Lipinski definition) is 0. The molecule has 0 radical (unpaired) electrons. The topological polar surface area (TPSA) is 75.9 Å². The molecule has 0 fully saturated rings. The Kier molecular flexibility index (Phi) is 5.97. The van der Waals surface area contributed by atoms with Gasteiger partial charge in [0.15, 0.2) is 0 Å². The van der Waals surface area contributed by atoms with Gasteiger partial charge in [-0.25, -0.2) is 4.98 Å². The first-order chi connectivity index (χ1) is 9.81. The molecule has 108 valence electrons. The van der Waals surface area contributed by atoms with Crippen molar-refractivity contribution in [3.8, 4) is 0 Å². The standard InChI is InChI=1S/C13H18N4O2S/c1-2-19-11-12-14-7-9-17(12)8-4-10-20(18)13-15-5-3-6-16-13/h3,5-7,9H,2,4,8,10-11H2,1H3. The zero-order chi connectivity index (χ0) is 14.2. The van der Waals surface area contributed by atoms with Gasteiger partial charge in [-0.05, 0) is 13.0 Å². The monoisotopic (exact) mass is 294 g/mol. The largest absolute Gasteiger partial charge is 0.609 e. The SMILES string of the molecule is CCOCc1nccn1CCC[S+]([O-])c1ncccn1. The van der Waals surface area contributed by atoms with Crippen LogP contribution in [-0.2, 0) is 29.1 Å². The van der Waals surface area contributed by atoms with Crippen LogP contribution in [0.4, 0.5) is 0 Å². The number of ether oxygens (including phenoxy) is 1. The molecule has 0 N–H and O–H groups in total. The predicted octanol–water partition coefficient (Wildman–Crippen LogP) is 1.41. The van der Waals surface area contributed by atoms with Gasteiger partial charge >= 0.3 is 5.16 Å². The summed E-state index contributed by atoms with van der Waals surface area (Å²) in [4.78, 5) is 12.3. The molecule has 0 aliphatic carbocycles. The maximum Gasteiger partial charge on any atom is 0.342 e. The Morgan fingerprint density at radius 3 is 2.80 bits per heavy atom. The molecule has 0 bridgehead atoms. The van der Waals surface area contributed by atoms with Crippen molar-refractivity contribution in [2.45, 2.75) is 31.7 Å². The molecule has 0 spiro atoms. The van der Waals surface area contributed by atoms with Crippen LogP contribution in [-0.4, -0.2) is 36.4 Å². The van der Waals surface area contributed by atoms with Gasteiger partial charge in [-0.1, -0.05) is 0 Å². The van der Waals surface area contributed by atoms with Gasteiger partial charge in [0.05, 0.1) is 0 Å². The maximum absolute atomic E-state index is 12.0. The van der Waals surface area contributed by atoms with Crippen LogP contribution in [0.1, 0.15) is 19.2 Å². The lowest BCUT2D eigenvalue weighted by Gasteiger charge is -2.10. The van der Waals surface area contributed by atoms with Crippen LogP contribution in [0.15, 0.2) is 36.0 Å². The third-order valence-corrected chi connectivity index (χ3v) is 3.99. The van der Waals surface area contributed by atoms with E-state index < -0.39 is 11.2 Å². The van der Waals surface area contributed by atoms with Crippen molar-refractivity contribution in [1.82, 2.24) is 19.5 Å². The Morgan fingerprint density at radius 1 is 1.25 bits per heavy atom. The highest BCUT2D eigenvalue weighted by atomic mass is 32.2. The lowest BCUT2D eigenvalue weighted by Crippen LogP contribution is -2.13. The van der Waals surface area contributed by atoms with Gasteiger partial charge in [-0.3, -0.25) is 0 Å². The molecule has 0 amide bonds. The van der Waals surface area contributed by atoms with Crippen LogP contribution >= 0.6 is 0 Å². The Morgan fingerprint density at radius 2 is 2.05 bits per heavy atom. The van der Waals surface area contributed by atoms with Crippen LogP contribution in [0.5, 0.6) is 0 Å². The van der Waals surface area contributed by atoms with E-state index in [0.29, 0.717) is 24.1 Å². The molecule has 2 heterocycles. The summed E-state index contributed by atoms with van der Waals surface area (Å²) < 4.78 is 19.3. The van der Waals surface area contributed by atoms with E-state index in [9.17, 15) is 4.55 Å². The second kappa shape index (κ2) is 7.98. The highest BCUT2D eigenvalue weighted by Crippen LogP contribution is 2.07. The Hall–Kier alpha value is -1.44. The van der Waals surface area contributed by atoms with Crippen molar-refractivity contribution < 1.29 is 9.29 Å². The van der Waals surface area contributed by atoms with Crippen molar-refractivity contribution >= 4 is 11.2 Å². The first-order valence-corrected chi connectivity index (χ1v) is 7.86. The Bertz CT molecular complexity index is 506. The summed E-state index contributed by atoms with van der Waals surface area (Å²) in [5, 5.41) is 0.396. The van der Waals surface area contributed by atoms with E-state index in [1.54, 1.807) is 24.7 Å². The summed E-state index contributed by atoms with van der Waals surface area (Å²) >= 11 is -1.14. The molecule has 0 saturated heterocycles. The molecular weight excluding hydrogens is 276 g/mol. The first-order valence-electron chi connectivity index (χ1n) is 6.54. The number of aryl methyl sites for hydroxylation is 1. The van der Waals surface area contributed by atoms with E-state index >= 15 is 0 Å². The average Bonchev–Trinajstić information content (AvgIpc) is 2.93. The summed E-state index contributed by atoms with van der Waals surface area (Å²) in [5.41, 5.74) is 0. The number of aromatic nitrogens is 4. The first kappa shape index (κ1) is 15.0. The van der Waals surface area contributed by atoms with Crippen LogP contribution < -0.4 is 0 Å². The molecule has 6 nitrogen and oxygen atoms in total. The minimum atomic E-state index is -1.14. The van der Waals surface area contributed by atoms with Gasteiger partial charge in [0.1, 0.15) is 18.2 Å². The third kappa shape index (κ3) is 4.29. The van der Waals surface area contributed by atoms with Crippen LogP contribution in [0.25, 0.3) is 0 Å². The third-order valence-electron chi connectivity index (χ3n) is 2.71. The van der Waals surface area contributed by atoms with E-state index in [-0.39, 0.29) is 0 Å². The zero-order valence-electron chi connectivity index (χ0n) is 11.4. The number of imidazole rings is 1. The smallest absolute Gasteiger partial charge is 0.342 e. The summed E-state index contributed by atoms with van der Waals surface area (Å²) in [7, 11) is 0. The lowest BCUT2D eigenvalue weighted by atomic mass is 10.4. The number of rotatable bonds is 8. The van der Waals surface area contributed by atoms with E-state index in [1.165, 1.54) is 0 Å². The van der Waals surface area contributed by atoms with E-state index in [2.05, 4.69) is 15.0 Å². The second-order valence-electron chi connectivity index (χ2n) is 4.11. The molecule has 7 heteroatoms. The summed E-state index contributed by atoms with van der Waals surface area (Å²) in [5.74, 6) is 1.43. The highest BCUT2D eigenvalue weighted by Gasteiger charge is 2.13. The molecule has 2 rings (SSSR count). The van der Waals surface area contributed by atoms with Crippen molar-refractivity contribution in [2.24, 2.45) is 0 Å². The van der Waals surface area contributed by atoms with E-state index in [0.717, 1.165) is 18.8 Å². The molecule has 1 unspecified atom stereocenters. The summed E-state index contributed by atoms with van der Waals surface area (Å²) in [6.45, 7) is 3.90. The predicted molar refractivity (Wildman–Crippen MR) is 75.5 cm³/mol. The van der Waals surface area contributed by atoms with E-state index in [4.69, 9.17) is 4.74 Å². The van der Waals surface area contributed by atoms with Gasteiger partial charge in [-0.2, -0.15) is 9.97 Å². The Labute approximate surface area is 121 Å². The van der Waals surface area contributed by atoms with Gasteiger partial charge in [0.25, 0.3) is 0 Å². The minimum Gasteiger partial charge on any atom is -0.609 e. The lowest BCUT2D eigenvalue weighted by molar-refractivity contribution is 0.125. The molecule has 0 aliphatic heterocycles. The summed E-state index contributed by atoms with van der Waals surface area (Å²) in [6, 6.07) is 1.71. The summed E-state index contributed by atoms with van der Waals surface area (Å²) in [6.07, 6.45) is 7.66. The average molecular weight is 294 g/mol. The van der Waals surface area contributed by atoms with Crippen molar-refractivity contribution in [2.75, 3.05) is 12.4 Å². The molecule has 20 heavy (non-hydrogen) atoms. The van der Waals surface area contributed by atoms with Gasteiger partial charge < -0.3 is 13.9 Å². The number of hydrogen-bond acceptors (Lipinski definition) is 5. The molecular formula is C13H18N4O2S. The van der Waals surface area contributed by atoms with Crippen molar-refractivity contribution in [3.05, 3.63) is 36.7 Å². The van der Waals surface area contributed by atoms with Gasteiger partial charge in [-0.15, -0.1) is 0 Å². The van der Waals surface area contributed by atoms with Crippen LogP contribution in [0.3, 0.4) is 0 Å². The fourth-order valence-corrected chi connectivity index (χ4v) is 2.67. The highest BCUT2D eigenvalue weighted by molar-refractivity contribution is 7.91. The van der Waals surface area contributed by atoms with Crippen LogP contribution in [0.2, 0.25) is 0 Å². The molecule has 2 aromatic rings. The molecule has 0 aliphatic rings. The fraction of sp³-hybridized carbons (Fsp3) is 0.462. The molecule has 1 atom stereocenters. The fourth-order valence-electron chi connectivity index (χ4n) is 1.74. The number of nitrogens with zero attached hydrogens (tertiary/aromatic N) is 4. The minimum absolute atomic E-state index is 0.396. The Balaban J connectivity index is 1.80. The molecule has 2 aromatic heterocycles. The molecule has 0 aromatic carbocycles.